The van der Waals surface area contributed by atoms with Crippen LogP contribution in [-0.4, -0.2) is 81.1 Å². The number of halogens is 1. The number of amides is 2. The van der Waals surface area contributed by atoms with Crippen LogP contribution in [0.5, 0.6) is 11.6 Å². The van der Waals surface area contributed by atoms with Crippen LogP contribution in [0, 0.1) is 11.7 Å². The van der Waals surface area contributed by atoms with E-state index in [1.165, 1.54) is 23.5 Å². The van der Waals surface area contributed by atoms with E-state index in [4.69, 9.17) is 14.2 Å². The average molecular weight is 540 g/mol. The molecule has 4 heterocycles. The van der Waals surface area contributed by atoms with E-state index in [0.29, 0.717) is 51.4 Å². The van der Waals surface area contributed by atoms with Crippen LogP contribution >= 0.6 is 0 Å². The zero-order chi connectivity index (χ0) is 26.8. The average Bonchev–Trinajstić information content (AvgIpc) is 3.67. The molecule has 3 aromatic rings. The zero-order valence-electron chi connectivity index (χ0n) is 20.9. The minimum Gasteiger partial charge on any atom is -0.492 e. The highest BCUT2D eigenvalue weighted by molar-refractivity contribution is 5.94. The Labute approximate surface area is 221 Å². The number of rotatable bonds is 10. The van der Waals surface area contributed by atoms with Gasteiger partial charge in [-0.05, 0) is 65.9 Å². The highest BCUT2D eigenvalue weighted by Crippen LogP contribution is 2.32. The topological polar surface area (TPSA) is 159 Å². The van der Waals surface area contributed by atoms with Gasteiger partial charge in [0, 0.05) is 6.07 Å². The fourth-order valence-corrected chi connectivity index (χ4v) is 4.93. The van der Waals surface area contributed by atoms with Crippen molar-refractivity contribution in [1.29, 1.82) is 0 Å². The van der Waals surface area contributed by atoms with Crippen molar-refractivity contribution in [3.8, 4) is 11.6 Å². The Bertz CT molecular complexity index is 1370. The van der Waals surface area contributed by atoms with Crippen LogP contribution < -0.4 is 25.0 Å². The van der Waals surface area contributed by atoms with Crippen molar-refractivity contribution < 1.29 is 28.2 Å². The minimum absolute atomic E-state index is 0.122. The van der Waals surface area contributed by atoms with Crippen molar-refractivity contribution >= 4 is 23.6 Å². The van der Waals surface area contributed by atoms with Crippen molar-refractivity contribution in [3.05, 3.63) is 41.6 Å². The molecule has 14 nitrogen and oxygen atoms in total. The molecule has 2 N–H and O–H groups in total. The number of tetrazole rings is 1. The standard InChI is InChI=1S/C24H26FN9O5/c25-19-8-17(37-4-3-33-13-28-31-32-33)7-15-5-14(6-18(15)19)9-26-2-1-16-11-34(24(36)39-16)20-10-27-23-22(29-20)30-21(35)12-38-23/h7-8,10,13-14,16,26H,1-6,9,11-12H2,(H,29,30,35). The van der Waals surface area contributed by atoms with Crippen LogP contribution in [0.25, 0.3) is 0 Å². The molecular weight excluding hydrogens is 513 g/mol. The van der Waals surface area contributed by atoms with Crippen LogP contribution in [-0.2, 0) is 28.9 Å². The molecule has 2 atom stereocenters. The van der Waals surface area contributed by atoms with Crippen molar-refractivity contribution in [1.82, 2.24) is 35.5 Å². The van der Waals surface area contributed by atoms with Gasteiger partial charge in [0.15, 0.2) is 18.2 Å². The van der Waals surface area contributed by atoms with Crippen LogP contribution in [0.4, 0.5) is 20.8 Å². The van der Waals surface area contributed by atoms with E-state index >= 15 is 0 Å². The molecule has 2 unspecified atom stereocenters. The molecule has 2 aliphatic heterocycles. The lowest BCUT2D eigenvalue weighted by Crippen LogP contribution is -2.30. The highest BCUT2D eigenvalue weighted by atomic mass is 19.1. The molecular formula is C24H26FN9O5. The van der Waals surface area contributed by atoms with Crippen LogP contribution in [0.3, 0.4) is 0 Å². The fraction of sp³-hybridized carbons (Fsp3) is 0.458. The van der Waals surface area contributed by atoms with Crippen LogP contribution in [0.2, 0.25) is 0 Å². The molecule has 1 aromatic carbocycles. The van der Waals surface area contributed by atoms with E-state index in [0.717, 1.165) is 17.5 Å². The van der Waals surface area contributed by atoms with Gasteiger partial charge in [-0.25, -0.2) is 23.8 Å². The van der Waals surface area contributed by atoms with E-state index in [1.807, 2.05) is 6.07 Å². The molecule has 3 aliphatic rings. The Morgan fingerprint density at radius 1 is 1.26 bits per heavy atom. The van der Waals surface area contributed by atoms with Gasteiger partial charge < -0.3 is 24.8 Å². The van der Waals surface area contributed by atoms with Gasteiger partial charge in [-0.3, -0.25) is 9.69 Å². The summed E-state index contributed by atoms with van der Waals surface area (Å²) in [6.07, 6.45) is 4.09. The quantitative estimate of drug-likeness (QED) is 0.350. The first-order chi connectivity index (χ1) is 19.0. The molecule has 2 aromatic heterocycles. The number of cyclic esters (lactones) is 1. The summed E-state index contributed by atoms with van der Waals surface area (Å²) in [4.78, 5) is 33.7. The number of hydrogen-bond donors (Lipinski definition) is 2. The third-order valence-corrected chi connectivity index (χ3v) is 6.79. The molecule has 1 aliphatic carbocycles. The Hall–Kier alpha value is -4.40. The van der Waals surface area contributed by atoms with E-state index in [1.54, 1.807) is 4.68 Å². The Morgan fingerprint density at radius 2 is 2.18 bits per heavy atom. The lowest BCUT2D eigenvalue weighted by molar-refractivity contribution is -0.118. The monoisotopic (exact) mass is 539 g/mol. The second-order valence-corrected chi connectivity index (χ2v) is 9.57. The van der Waals surface area contributed by atoms with Gasteiger partial charge in [0.1, 0.15) is 30.6 Å². The van der Waals surface area contributed by atoms with Crippen molar-refractivity contribution in [3.63, 3.8) is 0 Å². The van der Waals surface area contributed by atoms with Gasteiger partial charge in [-0.15, -0.1) is 5.10 Å². The third kappa shape index (κ3) is 5.57. The number of nitrogens with one attached hydrogen (secondary N) is 2. The molecule has 0 bridgehead atoms. The molecule has 0 saturated carbocycles. The number of benzene rings is 1. The summed E-state index contributed by atoms with van der Waals surface area (Å²) in [6.45, 7) is 2.35. The van der Waals surface area contributed by atoms with E-state index in [-0.39, 0.29) is 47.9 Å². The maximum absolute atomic E-state index is 14.7. The van der Waals surface area contributed by atoms with Crippen molar-refractivity contribution in [2.75, 3.05) is 43.1 Å². The Balaban J connectivity index is 0.948. The zero-order valence-corrected chi connectivity index (χ0v) is 20.9. The summed E-state index contributed by atoms with van der Waals surface area (Å²) in [5, 5.41) is 16.9. The predicted molar refractivity (Wildman–Crippen MR) is 132 cm³/mol. The van der Waals surface area contributed by atoms with Gasteiger partial charge in [-0.2, -0.15) is 0 Å². The fourth-order valence-electron chi connectivity index (χ4n) is 4.93. The summed E-state index contributed by atoms with van der Waals surface area (Å²) in [7, 11) is 0. The number of aromatic nitrogens is 6. The number of nitrogens with zero attached hydrogens (tertiary/aromatic N) is 7. The van der Waals surface area contributed by atoms with Crippen molar-refractivity contribution in [2.45, 2.75) is 31.9 Å². The summed E-state index contributed by atoms with van der Waals surface area (Å²) < 4.78 is 32.7. The maximum Gasteiger partial charge on any atom is 0.415 e. The molecule has 39 heavy (non-hydrogen) atoms. The minimum atomic E-state index is -0.519. The Morgan fingerprint density at radius 3 is 3.05 bits per heavy atom. The number of hydrogen-bond acceptors (Lipinski definition) is 11. The summed E-state index contributed by atoms with van der Waals surface area (Å²) in [5.41, 5.74) is 1.70. The maximum atomic E-state index is 14.7. The summed E-state index contributed by atoms with van der Waals surface area (Å²) >= 11 is 0. The molecule has 1 fully saturated rings. The molecule has 1 saturated heterocycles. The van der Waals surface area contributed by atoms with Gasteiger partial charge in [0.2, 0.25) is 0 Å². The van der Waals surface area contributed by atoms with Gasteiger partial charge in [0.05, 0.1) is 19.3 Å². The first kappa shape index (κ1) is 24.9. The molecule has 204 valence electrons. The first-order valence-electron chi connectivity index (χ1n) is 12.7. The lowest BCUT2D eigenvalue weighted by Gasteiger charge is -2.18. The van der Waals surface area contributed by atoms with E-state index < -0.39 is 6.09 Å². The summed E-state index contributed by atoms with van der Waals surface area (Å²) in [6, 6.07) is 3.34. The van der Waals surface area contributed by atoms with E-state index in [2.05, 4.69) is 36.1 Å². The van der Waals surface area contributed by atoms with Crippen molar-refractivity contribution in [2.24, 2.45) is 5.92 Å². The van der Waals surface area contributed by atoms with Gasteiger partial charge >= 0.3 is 6.09 Å². The second-order valence-electron chi connectivity index (χ2n) is 9.57. The number of anilines is 2. The highest BCUT2D eigenvalue weighted by Gasteiger charge is 2.34. The number of fused-ring (bicyclic) bond motifs is 2. The normalized spacial score (nSPS) is 19.8. The number of ether oxygens (including phenoxy) is 3. The number of carbonyl (C=O) groups excluding carboxylic acids is 2. The Kier molecular flexibility index (Phi) is 6.87. The predicted octanol–water partition coefficient (Wildman–Crippen LogP) is 0.732. The van der Waals surface area contributed by atoms with Crippen LogP contribution in [0.1, 0.15) is 17.5 Å². The SMILES string of the molecule is O=C1COc2ncc(N3CC(CCNCC4Cc5cc(OCCn6cnnn6)cc(F)c5C4)OC3=O)nc2N1. The number of carbonyl (C=O) groups is 2. The van der Waals surface area contributed by atoms with E-state index in [9.17, 15) is 14.0 Å². The van der Waals surface area contributed by atoms with Crippen LogP contribution in [0.15, 0.2) is 24.7 Å². The third-order valence-electron chi connectivity index (χ3n) is 6.79. The molecule has 0 radical (unpaired) electrons. The van der Waals surface area contributed by atoms with Gasteiger partial charge in [-0.1, -0.05) is 0 Å². The molecule has 0 spiro atoms. The molecule has 2 amide bonds. The largest absolute Gasteiger partial charge is 0.492 e. The summed E-state index contributed by atoms with van der Waals surface area (Å²) in [5.74, 6) is 0.854. The van der Waals surface area contributed by atoms with Gasteiger partial charge in [0.25, 0.3) is 11.8 Å². The second kappa shape index (κ2) is 10.8. The molecule has 6 rings (SSSR count). The molecule has 15 heteroatoms. The smallest absolute Gasteiger partial charge is 0.415 e. The lowest BCUT2D eigenvalue weighted by atomic mass is 10.1. The first-order valence-corrected chi connectivity index (χ1v) is 12.7.